The molecule has 2 rings (SSSR count). The van der Waals surface area contributed by atoms with Gasteiger partial charge in [0, 0.05) is 11.6 Å². The Labute approximate surface area is 93.5 Å². The molecule has 0 unspecified atom stereocenters. The number of fused-ring (bicyclic) bond motifs is 1. The van der Waals surface area contributed by atoms with Crippen LogP contribution in [0.15, 0.2) is 30.5 Å². The van der Waals surface area contributed by atoms with Crippen molar-refractivity contribution in [3.05, 3.63) is 36.0 Å². The van der Waals surface area contributed by atoms with Gasteiger partial charge in [0.05, 0.1) is 11.1 Å². The van der Waals surface area contributed by atoms with Gasteiger partial charge < -0.3 is 10.7 Å². The largest absolute Gasteiger partial charge is 0.366 e. The molecule has 0 radical (unpaired) electrons. The molecule has 0 spiro atoms. The third-order valence-electron chi connectivity index (χ3n) is 1.85. The smallest absolute Gasteiger partial charge is 0.250 e. The van der Waals surface area contributed by atoms with Crippen molar-refractivity contribution in [1.29, 1.82) is 0 Å². The first-order chi connectivity index (χ1) is 5.79. The number of nitrogens with two attached hydrogens (primary N) is 1. The summed E-state index contributed by atoms with van der Waals surface area (Å²) >= 11 is 0. The van der Waals surface area contributed by atoms with E-state index in [1.165, 1.54) is 0 Å². The molecule has 0 atom stereocenters. The Morgan fingerprint density at radius 3 is 2.57 bits per heavy atom. The first-order valence-corrected chi connectivity index (χ1v) is 3.65. The van der Waals surface area contributed by atoms with E-state index < -0.39 is 5.91 Å². The van der Waals surface area contributed by atoms with Crippen LogP contribution < -0.4 is 5.73 Å². The van der Waals surface area contributed by atoms with Crippen molar-refractivity contribution in [2.45, 2.75) is 0 Å². The molecule has 0 aliphatic heterocycles. The van der Waals surface area contributed by atoms with Crippen LogP contribution >= 0.6 is 24.8 Å². The van der Waals surface area contributed by atoms with Gasteiger partial charge in [0.1, 0.15) is 0 Å². The Hall–Kier alpha value is -1.19. The molecule has 3 nitrogen and oxygen atoms in total. The van der Waals surface area contributed by atoms with Gasteiger partial charge in [-0.3, -0.25) is 4.79 Å². The minimum absolute atomic E-state index is 0. The lowest BCUT2D eigenvalue weighted by molar-refractivity contribution is 0.100. The Kier molecular flexibility index (Phi) is 4.47. The molecule has 14 heavy (non-hydrogen) atoms. The summed E-state index contributed by atoms with van der Waals surface area (Å²) in [5.74, 6) is -0.400. The molecular formula is C9H10Cl2N2O. The fourth-order valence-electron chi connectivity index (χ4n) is 1.29. The minimum Gasteiger partial charge on any atom is -0.366 e. The predicted octanol–water partition coefficient (Wildman–Crippen LogP) is 2.11. The molecule has 0 saturated heterocycles. The number of halogens is 2. The first kappa shape index (κ1) is 12.8. The van der Waals surface area contributed by atoms with E-state index in [0.29, 0.717) is 5.56 Å². The number of primary amides is 1. The van der Waals surface area contributed by atoms with Gasteiger partial charge in [-0.1, -0.05) is 12.1 Å². The SMILES string of the molecule is Cl.Cl.NC(=O)c1cccc2cc[nH]c12. The lowest BCUT2D eigenvalue weighted by Crippen LogP contribution is -2.11. The second-order valence-electron chi connectivity index (χ2n) is 2.61. The highest BCUT2D eigenvalue weighted by Gasteiger charge is 2.05. The number of carbonyl (C=O) groups is 1. The monoisotopic (exact) mass is 232 g/mol. The fraction of sp³-hybridized carbons (Fsp3) is 0. The summed E-state index contributed by atoms with van der Waals surface area (Å²) in [7, 11) is 0. The highest BCUT2D eigenvalue weighted by molar-refractivity contribution is 6.04. The molecule has 1 aromatic heterocycles. The Morgan fingerprint density at radius 1 is 1.21 bits per heavy atom. The van der Waals surface area contributed by atoms with Crippen LogP contribution in [0.25, 0.3) is 10.9 Å². The van der Waals surface area contributed by atoms with Crippen molar-refractivity contribution in [3.8, 4) is 0 Å². The molecule has 0 fully saturated rings. The van der Waals surface area contributed by atoms with E-state index in [4.69, 9.17) is 5.73 Å². The highest BCUT2D eigenvalue weighted by Crippen LogP contribution is 2.15. The quantitative estimate of drug-likeness (QED) is 0.778. The summed E-state index contributed by atoms with van der Waals surface area (Å²) in [6, 6.07) is 7.36. The molecule has 0 saturated carbocycles. The Morgan fingerprint density at radius 2 is 1.93 bits per heavy atom. The number of aromatic amines is 1. The summed E-state index contributed by atoms with van der Waals surface area (Å²) in [6.45, 7) is 0. The van der Waals surface area contributed by atoms with Crippen LogP contribution in [0.5, 0.6) is 0 Å². The summed E-state index contributed by atoms with van der Waals surface area (Å²) in [5, 5.41) is 1.01. The van der Waals surface area contributed by atoms with Crippen LogP contribution in [-0.2, 0) is 0 Å². The van der Waals surface area contributed by atoms with Gasteiger partial charge >= 0.3 is 0 Å². The van der Waals surface area contributed by atoms with Crippen LogP contribution in [0.2, 0.25) is 0 Å². The number of benzene rings is 1. The number of para-hydroxylation sites is 1. The van der Waals surface area contributed by atoms with E-state index >= 15 is 0 Å². The normalized spacial score (nSPS) is 8.86. The number of hydrogen-bond donors (Lipinski definition) is 2. The van der Waals surface area contributed by atoms with Crippen LogP contribution in [0.1, 0.15) is 10.4 Å². The van der Waals surface area contributed by atoms with E-state index in [9.17, 15) is 4.79 Å². The molecule has 0 aliphatic rings. The maximum absolute atomic E-state index is 10.9. The van der Waals surface area contributed by atoms with Gasteiger partial charge in [0.25, 0.3) is 5.91 Å². The average molecular weight is 233 g/mol. The van der Waals surface area contributed by atoms with E-state index in [-0.39, 0.29) is 24.8 Å². The zero-order chi connectivity index (χ0) is 8.55. The average Bonchev–Trinajstić information content (AvgIpc) is 2.49. The summed E-state index contributed by atoms with van der Waals surface area (Å²) in [5.41, 5.74) is 6.53. The van der Waals surface area contributed by atoms with E-state index in [1.807, 2.05) is 18.2 Å². The molecule has 3 N–H and O–H groups in total. The number of aromatic nitrogens is 1. The van der Waals surface area contributed by atoms with Crippen LogP contribution in [-0.4, -0.2) is 10.9 Å². The third kappa shape index (κ3) is 2.00. The van der Waals surface area contributed by atoms with Gasteiger partial charge in [-0.2, -0.15) is 0 Å². The van der Waals surface area contributed by atoms with Crippen molar-refractivity contribution in [3.63, 3.8) is 0 Å². The molecule has 0 aliphatic carbocycles. The fourth-order valence-corrected chi connectivity index (χ4v) is 1.29. The number of nitrogens with one attached hydrogen (secondary N) is 1. The summed E-state index contributed by atoms with van der Waals surface area (Å²) < 4.78 is 0. The molecular weight excluding hydrogens is 223 g/mol. The van der Waals surface area contributed by atoms with Gasteiger partial charge in [-0.05, 0) is 12.1 Å². The van der Waals surface area contributed by atoms with Crippen molar-refractivity contribution >= 4 is 41.6 Å². The van der Waals surface area contributed by atoms with Crippen LogP contribution in [0.3, 0.4) is 0 Å². The van der Waals surface area contributed by atoms with E-state index in [0.717, 1.165) is 10.9 Å². The summed E-state index contributed by atoms with van der Waals surface area (Å²) in [4.78, 5) is 13.9. The lowest BCUT2D eigenvalue weighted by Gasteiger charge is -1.96. The molecule has 1 heterocycles. The standard InChI is InChI=1S/C9H8N2O.2ClH/c10-9(12)7-3-1-2-6-4-5-11-8(6)7;;/h1-5,11H,(H2,10,12);2*1H. The Balaban J connectivity index is 0.000000845. The maximum atomic E-state index is 10.9. The highest BCUT2D eigenvalue weighted by atomic mass is 35.5. The topological polar surface area (TPSA) is 58.9 Å². The van der Waals surface area contributed by atoms with Crippen LogP contribution in [0, 0.1) is 0 Å². The second kappa shape index (κ2) is 4.88. The second-order valence-corrected chi connectivity index (χ2v) is 2.61. The van der Waals surface area contributed by atoms with Crippen molar-refractivity contribution < 1.29 is 4.79 Å². The molecule has 1 aromatic carbocycles. The molecule has 0 bridgehead atoms. The molecule has 2 aromatic rings. The predicted molar refractivity (Wildman–Crippen MR) is 61.3 cm³/mol. The zero-order valence-corrected chi connectivity index (χ0v) is 8.82. The van der Waals surface area contributed by atoms with Crippen LogP contribution in [0.4, 0.5) is 0 Å². The number of carbonyl (C=O) groups excluding carboxylic acids is 1. The molecule has 76 valence electrons. The number of rotatable bonds is 1. The van der Waals surface area contributed by atoms with E-state index in [1.54, 1.807) is 12.3 Å². The number of hydrogen-bond acceptors (Lipinski definition) is 1. The summed E-state index contributed by atoms with van der Waals surface area (Å²) in [6.07, 6.45) is 1.79. The molecule has 5 heteroatoms. The number of amides is 1. The van der Waals surface area contributed by atoms with Gasteiger partial charge in [0.2, 0.25) is 0 Å². The van der Waals surface area contributed by atoms with Crippen molar-refractivity contribution in [1.82, 2.24) is 4.98 Å². The van der Waals surface area contributed by atoms with Gasteiger partial charge in [-0.25, -0.2) is 0 Å². The third-order valence-corrected chi connectivity index (χ3v) is 1.85. The van der Waals surface area contributed by atoms with Gasteiger partial charge in [-0.15, -0.1) is 24.8 Å². The number of H-pyrrole nitrogens is 1. The lowest BCUT2D eigenvalue weighted by atomic mass is 10.1. The first-order valence-electron chi connectivity index (χ1n) is 3.65. The minimum atomic E-state index is -0.400. The molecule has 1 amide bonds. The van der Waals surface area contributed by atoms with E-state index in [2.05, 4.69) is 4.98 Å². The van der Waals surface area contributed by atoms with Gasteiger partial charge in [0.15, 0.2) is 0 Å². The maximum Gasteiger partial charge on any atom is 0.250 e. The zero-order valence-electron chi connectivity index (χ0n) is 7.19. The van der Waals surface area contributed by atoms with Crippen molar-refractivity contribution in [2.75, 3.05) is 0 Å². The Bertz CT molecular complexity index is 439. The van der Waals surface area contributed by atoms with Crippen molar-refractivity contribution in [2.24, 2.45) is 5.73 Å².